The van der Waals surface area contributed by atoms with Gasteiger partial charge in [-0.1, -0.05) is 54.6 Å². The van der Waals surface area contributed by atoms with Crippen LogP contribution in [-0.2, 0) is 0 Å². The number of piperidine rings is 1. The van der Waals surface area contributed by atoms with E-state index in [1.165, 1.54) is 0 Å². The van der Waals surface area contributed by atoms with E-state index in [4.69, 9.17) is 16.1 Å². The molecule has 0 saturated carbocycles. The second-order valence-corrected chi connectivity index (χ2v) is 7.18. The van der Waals surface area contributed by atoms with Crippen LogP contribution in [0.5, 0.6) is 0 Å². The summed E-state index contributed by atoms with van der Waals surface area (Å²) < 4.78 is 1.84. The summed E-state index contributed by atoms with van der Waals surface area (Å²) in [5.74, 6) is 0.605. The third kappa shape index (κ3) is 3.57. The number of aromatic nitrogens is 2. The third-order valence-electron chi connectivity index (χ3n) is 5.29. The predicted molar refractivity (Wildman–Crippen MR) is 108 cm³/mol. The van der Waals surface area contributed by atoms with E-state index in [-0.39, 0.29) is 6.04 Å². The molecule has 1 aliphatic rings. The number of hydrogen-bond donors (Lipinski definition) is 2. The molecule has 1 aromatic heterocycles. The van der Waals surface area contributed by atoms with E-state index in [1.54, 1.807) is 4.90 Å². The lowest BCUT2D eigenvalue weighted by atomic mass is 10.00. The van der Waals surface area contributed by atoms with Crippen molar-refractivity contribution in [3.63, 3.8) is 0 Å². The second kappa shape index (κ2) is 7.75. The fraction of sp³-hybridized carbons (Fsp3) is 0.273. The summed E-state index contributed by atoms with van der Waals surface area (Å²) in [6, 6.07) is 19.3. The number of rotatable bonds is 4. The van der Waals surface area contributed by atoms with Crippen molar-refractivity contribution in [3.05, 3.63) is 71.8 Å². The van der Waals surface area contributed by atoms with Gasteiger partial charge < -0.3 is 15.7 Å². The van der Waals surface area contributed by atoms with E-state index in [0.29, 0.717) is 12.4 Å². The first kappa shape index (κ1) is 18.1. The van der Waals surface area contributed by atoms with Crippen molar-refractivity contribution in [1.82, 2.24) is 14.7 Å². The lowest BCUT2D eigenvalue weighted by Crippen LogP contribution is -2.34. The van der Waals surface area contributed by atoms with Crippen molar-refractivity contribution in [1.29, 1.82) is 5.26 Å². The monoisotopic (exact) mass is 373 g/mol. The Morgan fingerprint density at radius 3 is 2.54 bits per heavy atom. The number of aliphatic hydroxyl groups is 1. The fourth-order valence-electron chi connectivity index (χ4n) is 3.75. The van der Waals surface area contributed by atoms with Crippen LogP contribution in [0.1, 0.15) is 36.1 Å². The van der Waals surface area contributed by atoms with Crippen molar-refractivity contribution in [2.75, 3.05) is 18.8 Å². The van der Waals surface area contributed by atoms with Crippen LogP contribution >= 0.6 is 0 Å². The van der Waals surface area contributed by atoms with Crippen molar-refractivity contribution >= 4 is 5.82 Å². The van der Waals surface area contributed by atoms with Gasteiger partial charge in [-0.15, -0.1) is 0 Å². The van der Waals surface area contributed by atoms with Gasteiger partial charge in [-0.25, -0.2) is 4.68 Å². The van der Waals surface area contributed by atoms with E-state index in [0.717, 1.165) is 41.8 Å². The lowest BCUT2D eigenvalue weighted by molar-refractivity contribution is 0.220. The molecule has 2 unspecified atom stereocenters. The number of likely N-dealkylation sites (tertiary alicyclic amines) is 1. The minimum Gasteiger partial charge on any atom is -0.384 e. The molecular weight excluding hydrogens is 350 g/mol. The zero-order valence-corrected chi connectivity index (χ0v) is 15.6. The van der Waals surface area contributed by atoms with Gasteiger partial charge in [-0.3, -0.25) is 0 Å². The first-order valence-corrected chi connectivity index (χ1v) is 9.49. The number of nitrogen functional groups attached to an aromatic ring is 1. The van der Waals surface area contributed by atoms with E-state index in [1.807, 2.05) is 65.3 Å². The summed E-state index contributed by atoms with van der Waals surface area (Å²) in [5.41, 5.74) is 9.65. The van der Waals surface area contributed by atoms with Crippen LogP contribution < -0.4 is 5.73 Å². The van der Waals surface area contributed by atoms with Crippen LogP contribution in [0.15, 0.2) is 60.7 Å². The molecule has 2 atom stereocenters. The van der Waals surface area contributed by atoms with E-state index in [9.17, 15) is 5.11 Å². The molecule has 142 valence electrons. The van der Waals surface area contributed by atoms with E-state index in [2.05, 4.69) is 6.19 Å². The third-order valence-corrected chi connectivity index (χ3v) is 5.29. The van der Waals surface area contributed by atoms with Gasteiger partial charge in [0.25, 0.3) is 0 Å². The lowest BCUT2D eigenvalue weighted by Gasteiger charge is -2.29. The number of aliphatic hydroxyl groups excluding tert-OH is 1. The smallest absolute Gasteiger partial charge is 0.179 e. The Morgan fingerprint density at radius 1 is 1.11 bits per heavy atom. The Hall–Kier alpha value is -3.30. The molecule has 0 aliphatic carbocycles. The van der Waals surface area contributed by atoms with Gasteiger partial charge in [0.1, 0.15) is 11.9 Å². The topological polar surface area (TPSA) is 91.1 Å². The number of benzene rings is 2. The molecule has 0 amide bonds. The molecule has 28 heavy (non-hydrogen) atoms. The van der Waals surface area contributed by atoms with E-state index < -0.39 is 6.10 Å². The highest BCUT2D eigenvalue weighted by atomic mass is 16.3. The number of nitriles is 1. The van der Waals surface area contributed by atoms with Gasteiger partial charge in [0.15, 0.2) is 6.19 Å². The Balaban J connectivity index is 1.54. The maximum absolute atomic E-state index is 10.5. The highest BCUT2D eigenvalue weighted by Crippen LogP contribution is 2.29. The molecule has 3 aromatic rings. The van der Waals surface area contributed by atoms with Crippen molar-refractivity contribution in [3.8, 4) is 17.5 Å². The highest BCUT2D eigenvalue weighted by Gasteiger charge is 2.23. The molecule has 1 saturated heterocycles. The van der Waals surface area contributed by atoms with Crippen LogP contribution in [-0.4, -0.2) is 32.9 Å². The molecule has 2 heterocycles. The highest BCUT2D eigenvalue weighted by molar-refractivity contribution is 5.63. The van der Waals surface area contributed by atoms with Gasteiger partial charge in [-0.05, 0) is 24.0 Å². The van der Waals surface area contributed by atoms with Crippen LogP contribution in [0.4, 0.5) is 5.82 Å². The molecule has 3 N–H and O–H groups in total. The molecule has 6 heteroatoms. The maximum atomic E-state index is 10.5. The molecular formula is C22H23N5O. The van der Waals surface area contributed by atoms with Gasteiger partial charge >= 0.3 is 0 Å². The first-order chi connectivity index (χ1) is 13.7. The Morgan fingerprint density at radius 2 is 1.82 bits per heavy atom. The zero-order valence-electron chi connectivity index (χ0n) is 15.6. The Bertz CT molecular complexity index is 974. The van der Waals surface area contributed by atoms with Crippen molar-refractivity contribution in [2.24, 2.45) is 0 Å². The number of anilines is 1. The van der Waals surface area contributed by atoms with Crippen LogP contribution in [0.25, 0.3) is 11.3 Å². The van der Waals surface area contributed by atoms with Crippen LogP contribution in [0.3, 0.4) is 0 Å². The second-order valence-electron chi connectivity index (χ2n) is 7.18. The van der Waals surface area contributed by atoms with Gasteiger partial charge in [0.05, 0.1) is 18.3 Å². The quantitative estimate of drug-likeness (QED) is 0.685. The Labute approximate surface area is 164 Å². The SMILES string of the molecule is N#CN1CCCC(n2nc(-c3ccc(C(O)c4ccccc4)cc3)cc2N)C1. The molecule has 1 fully saturated rings. The standard InChI is InChI=1S/C22H23N5O/c23-15-26-12-4-7-19(14-26)27-21(24)13-20(25-27)16-8-10-18(11-9-16)22(28)17-5-2-1-3-6-17/h1-3,5-6,8-11,13,19,22,28H,4,7,12,14,24H2. The largest absolute Gasteiger partial charge is 0.384 e. The summed E-state index contributed by atoms with van der Waals surface area (Å²) >= 11 is 0. The summed E-state index contributed by atoms with van der Waals surface area (Å²) in [6.45, 7) is 1.44. The van der Waals surface area contributed by atoms with Crippen molar-refractivity contribution in [2.45, 2.75) is 25.0 Å². The van der Waals surface area contributed by atoms with Gasteiger partial charge in [0, 0.05) is 18.2 Å². The van der Waals surface area contributed by atoms with E-state index >= 15 is 0 Å². The van der Waals surface area contributed by atoms with Gasteiger partial charge in [-0.2, -0.15) is 10.4 Å². The van der Waals surface area contributed by atoms with Gasteiger partial charge in [0.2, 0.25) is 0 Å². The molecule has 0 bridgehead atoms. The molecule has 2 aromatic carbocycles. The normalized spacial score (nSPS) is 17.9. The minimum atomic E-state index is -0.655. The Kier molecular flexibility index (Phi) is 5.00. The summed E-state index contributed by atoms with van der Waals surface area (Å²) in [5, 5.41) is 24.4. The van der Waals surface area contributed by atoms with Crippen molar-refractivity contribution < 1.29 is 5.11 Å². The summed E-state index contributed by atoms with van der Waals surface area (Å²) in [4.78, 5) is 1.76. The minimum absolute atomic E-state index is 0.112. The summed E-state index contributed by atoms with van der Waals surface area (Å²) in [6.07, 6.45) is 3.49. The summed E-state index contributed by atoms with van der Waals surface area (Å²) in [7, 11) is 0. The maximum Gasteiger partial charge on any atom is 0.179 e. The predicted octanol–water partition coefficient (Wildman–Crippen LogP) is 3.33. The first-order valence-electron chi connectivity index (χ1n) is 9.49. The average Bonchev–Trinajstić information content (AvgIpc) is 3.15. The zero-order chi connectivity index (χ0) is 19.5. The van der Waals surface area contributed by atoms with Crippen LogP contribution in [0.2, 0.25) is 0 Å². The molecule has 4 rings (SSSR count). The number of hydrogen-bond acceptors (Lipinski definition) is 5. The molecule has 0 radical (unpaired) electrons. The average molecular weight is 373 g/mol. The molecule has 6 nitrogen and oxygen atoms in total. The van der Waals surface area contributed by atoms with Crippen LogP contribution in [0, 0.1) is 11.5 Å². The molecule has 0 spiro atoms. The number of nitrogens with two attached hydrogens (primary N) is 1. The number of nitrogens with zero attached hydrogens (tertiary/aromatic N) is 4. The molecule has 1 aliphatic heterocycles. The fourth-order valence-corrected chi connectivity index (χ4v) is 3.75.